The predicted molar refractivity (Wildman–Crippen MR) is 215 cm³/mol. The zero-order chi connectivity index (χ0) is 37.8. The van der Waals surface area contributed by atoms with Crippen LogP contribution in [0.5, 0.6) is 0 Å². The molecule has 7 rings (SSSR count). The lowest BCUT2D eigenvalue weighted by Gasteiger charge is -2.31. The average molecular weight is 751 g/mol. The van der Waals surface area contributed by atoms with Crippen LogP contribution >= 0.6 is 11.6 Å². The van der Waals surface area contributed by atoms with Crippen molar-refractivity contribution >= 4 is 45.6 Å². The first-order valence-electron chi connectivity index (χ1n) is 19.1. The highest BCUT2D eigenvalue weighted by atomic mass is 35.5. The molecule has 54 heavy (non-hydrogen) atoms. The van der Waals surface area contributed by atoms with Gasteiger partial charge in [-0.25, -0.2) is 9.97 Å². The van der Waals surface area contributed by atoms with Gasteiger partial charge in [-0.2, -0.15) is 0 Å². The molecular formula is C42H51ClN8O3. The summed E-state index contributed by atoms with van der Waals surface area (Å²) in [6.07, 6.45) is 10.3. The second-order valence-electron chi connectivity index (χ2n) is 15.0. The van der Waals surface area contributed by atoms with Crippen molar-refractivity contribution in [1.82, 2.24) is 29.7 Å². The van der Waals surface area contributed by atoms with E-state index in [-0.39, 0.29) is 18.6 Å². The maximum Gasteiger partial charge on any atom is 0.291 e. The number of hydrogen-bond acceptors (Lipinski definition) is 9. The Bertz CT molecular complexity index is 2110. The number of rotatable bonds is 13. The Kier molecular flexibility index (Phi) is 11.9. The molecular weight excluding hydrogens is 700 g/mol. The van der Waals surface area contributed by atoms with E-state index in [1.54, 1.807) is 6.20 Å². The number of benzene rings is 2. The summed E-state index contributed by atoms with van der Waals surface area (Å²) < 4.78 is 1.93. The molecule has 0 saturated heterocycles. The first-order valence-corrected chi connectivity index (χ1v) is 19.5. The molecule has 2 aliphatic rings. The molecule has 5 aromatic rings. The Labute approximate surface area is 322 Å². The van der Waals surface area contributed by atoms with Gasteiger partial charge in [0.15, 0.2) is 11.6 Å². The fourth-order valence-electron chi connectivity index (χ4n) is 7.90. The van der Waals surface area contributed by atoms with Gasteiger partial charge in [0.05, 0.1) is 23.0 Å². The van der Waals surface area contributed by atoms with Crippen LogP contribution in [-0.4, -0.2) is 72.9 Å². The SMILES string of the molecule is Cc1c(Nc2nccc3cc(CN[C@H](C)CO)cnc23)cccc1-c1cccc(NC(=O)c2nc3c(n2C)CCN(CCC2CCC(CO)CC2)C3)c1Cl. The van der Waals surface area contributed by atoms with E-state index in [2.05, 4.69) is 31.9 Å². The van der Waals surface area contributed by atoms with Crippen LogP contribution in [0.2, 0.25) is 5.02 Å². The highest BCUT2D eigenvalue weighted by Gasteiger charge is 2.27. The third-order valence-corrected chi connectivity index (χ3v) is 11.7. The molecule has 1 fully saturated rings. The van der Waals surface area contributed by atoms with E-state index in [1.165, 1.54) is 19.3 Å². The van der Waals surface area contributed by atoms with E-state index in [1.807, 2.05) is 74.1 Å². The summed E-state index contributed by atoms with van der Waals surface area (Å²) in [5.41, 5.74) is 7.94. The Hall–Kier alpha value is -4.39. The van der Waals surface area contributed by atoms with Gasteiger partial charge in [0.2, 0.25) is 0 Å². The molecule has 5 N–H and O–H groups in total. The van der Waals surface area contributed by atoms with Gasteiger partial charge in [-0.15, -0.1) is 0 Å². The standard InChI is InChI=1S/C42H51ClN8O3/c1-26(24-52)45-21-30-20-31-14-17-44-40(39(31)46-22-30)47-34-8-4-6-32(27(34)2)33-7-5-9-35(38(33)43)49-42(54)41-48-36-23-51(19-16-37(36)50(41)3)18-15-28-10-12-29(25-53)13-11-28/h4-9,14,17,20,22,26,28-29,45,52-53H,10-13,15-16,18-19,21,23-25H2,1-3H3,(H,44,47)(H,49,54)/t26-,28?,29?/m1/s1. The Morgan fingerprint density at radius 1 is 1.02 bits per heavy atom. The van der Waals surface area contributed by atoms with E-state index in [9.17, 15) is 15.0 Å². The second kappa shape index (κ2) is 17.0. The molecule has 1 aliphatic carbocycles. The van der Waals surface area contributed by atoms with Crippen molar-refractivity contribution in [2.24, 2.45) is 18.9 Å². The van der Waals surface area contributed by atoms with Crippen LogP contribution in [0.1, 0.15) is 72.2 Å². The van der Waals surface area contributed by atoms with Crippen LogP contribution in [0.15, 0.2) is 60.9 Å². The van der Waals surface area contributed by atoms with Crippen molar-refractivity contribution in [3.05, 3.63) is 94.3 Å². The topological polar surface area (TPSA) is 140 Å². The molecule has 284 valence electrons. The molecule has 1 amide bonds. The molecule has 3 aromatic heterocycles. The van der Waals surface area contributed by atoms with E-state index in [0.29, 0.717) is 41.4 Å². The average Bonchev–Trinajstić information content (AvgIpc) is 3.53. The first kappa shape index (κ1) is 37.9. The first-order chi connectivity index (χ1) is 26.2. The summed E-state index contributed by atoms with van der Waals surface area (Å²) in [4.78, 5) is 30.4. The second-order valence-corrected chi connectivity index (χ2v) is 15.4. The number of carbonyl (C=O) groups excluding carboxylic acids is 1. The number of aromatic nitrogens is 4. The Morgan fingerprint density at radius 2 is 1.78 bits per heavy atom. The zero-order valence-corrected chi connectivity index (χ0v) is 32.2. The highest BCUT2D eigenvalue weighted by Crippen LogP contribution is 2.39. The fraction of sp³-hybridized carbons (Fsp3) is 0.429. The van der Waals surface area contributed by atoms with Gasteiger partial charge < -0.3 is 30.7 Å². The maximum absolute atomic E-state index is 13.7. The van der Waals surface area contributed by atoms with Crippen LogP contribution in [0, 0.1) is 18.8 Å². The van der Waals surface area contributed by atoms with Crippen LogP contribution in [0.25, 0.3) is 22.0 Å². The fourth-order valence-corrected chi connectivity index (χ4v) is 8.17. The Morgan fingerprint density at radius 3 is 2.56 bits per heavy atom. The molecule has 11 nitrogen and oxygen atoms in total. The summed E-state index contributed by atoms with van der Waals surface area (Å²) in [6, 6.07) is 15.7. The number of amides is 1. The van der Waals surface area contributed by atoms with Crippen LogP contribution < -0.4 is 16.0 Å². The quantitative estimate of drug-likeness (QED) is 0.0860. The number of aliphatic hydroxyl groups excluding tert-OH is 2. The lowest BCUT2D eigenvalue weighted by molar-refractivity contribution is 0.101. The monoisotopic (exact) mass is 750 g/mol. The van der Waals surface area contributed by atoms with Crippen molar-refractivity contribution in [1.29, 1.82) is 0 Å². The van der Waals surface area contributed by atoms with Crippen molar-refractivity contribution in [3.8, 4) is 11.1 Å². The summed E-state index contributed by atoms with van der Waals surface area (Å²) in [5.74, 6) is 1.95. The van der Waals surface area contributed by atoms with Crippen LogP contribution in [-0.2, 0) is 26.6 Å². The van der Waals surface area contributed by atoms with Gasteiger partial charge in [0.1, 0.15) is 5.52 Å². The third kappa shape index (κ3) is 8.30. The van der Waals surface area contributed by atoms with Gasteiger partial charge in [-0.3, -0.25) is 14.7 Å². The molecule has 1 aliphatic heterocycles. The number of carbonyl (C=O) groups is 1. The van der Waals surface area contributed by atoms with Gasteiger partial charge in [-0.05, 0) is 92.4 Å². The van der Waals surface area contributed by atoms with Crippen LogP contribution in [0.3, 0.4) is 0 Å². The van der Waals surface area contributed by atoms with Gasteiger partial charge in [-0.1, -0.05) is 48.7 Å². The van der Waals surface area contributed by atoms with Crippen molar-refractivity contribution in [3.63, 3.8) is 0 Å². The Balaban J connectivity index is 1.04. The number of halogens is 1. The normalized spacial score (nSPS) is 18.0. The number of hydrogen-bond donors (Lipinski definition) is 5. The van der Waals surface area contributed by atoms with E-state index < -0.39 is 0 Å². The molecule has 0 spiro atoms. The number of nitrogens with zero attached hydrogens (tertiary/aromatic N) is 5. The van der Waals surface area contributed by atoms with Crippen molar-refractivity contribution in [2.75, 3.05) is 36.9 Å². The van der Waals surface area contributed by atoms with Gasteiger partial charge in [0.25, 0.3) is 5.91 Å². The molecule has 0 bridgehead atoms. The molecule has 0 unspecified atom stereocenters. The summed E-state index contributed by atoms with van der Waals surface area (Å²) in [6.45, 7) is 7.70. The van der Waals surface area contributed by atoms with E-state index >= 15 is 0 Å². The minimum atomic E-state index is -0.290. The molecule has 4 heterocycles. The molecule has 1 atom stereocenters. The molecule has 0 radical (unpaired) electrons. The number of fused-ring (bicyclic) bond motifs is 2. The van der Waals surface area contributed by atoms with E-state index in [4.69, 9.17) is 21.6 Å². The summed E-state index contributed by atoms with van der Waals surface area (Å²) in [7, 11) is 1.92. The summed E-state index contributed by atoms with van der Waals surface area (Å²) >= 11 is 7.06. The van der Waals surface area contributed by atoms with Crippen molar-refractivity contribution in [2.45, 2.75) is 71.5 Å². The number of aliphatic hydroxyl groups is 2. The minimum absolute atomic E-state index is 0.00147. The molecule has 1 saturated carbocycles. The smallest absolute Gasteiger partial charge is 0.291 e. The van der Waals surface area contributed by atoms with Crippen molar-refractivity contribution < 1.29 is 15.0 Å². The highest BCUT2D eigenvalue weighted by molar-refractivity contribution is 6.36. The predicted octanol–water partition coefficient (Wildman–Crippen LogP) is 7.01. The lowest BCUT2D eigenvalue weighted by atomic mass is 9.81. The van der Waals surface area contributed by atoms with Crippen LogP contribution in [0.4, 0.5) is 17.2 Å². The summed E-state index contributed by atoms with van der Waals surface area (Å²) in [5, 5.41) is 30.1. The molecule has 2 aromatic carbocycles. The third-order valence-electron chi connectivity index (χ3n) is 11.3. The maximum atomic E-state index is 13.7. The molecule has 12 heteroatoms. The van der Waals surface area contributed by atoms with E-state index in [0.717, 1.165) is 95.0 Å². The van der Waals surface area contributed by atoms with Gasteiger partial charge in [0, 0.05) is 80.5 Å². The van der Waals surface area contributed by atoms with Gasteiger partial charge >= 0.3 is 0 Å². The number of anilines is 3. The number of imidazole rings is 1. The number of pyridine rings is 2. The largest absolute Gasteiger partial charge is 0.396 e. The zero-order valence-electron chi connectivity index (χ0n) is 31.4. The lowest BCUT2D eigenvalue weighted by Crippen LogP contribution is -2.33. The number of nitrogens with one attached hydrogen (secondary N) is 3. The minimum Gasteiger partial charge on any atom is -0.396 e.